The summed E-state index contributed by atoms with van der Waals surface area (Å²) in [5.41, 5.74) is 5.97. The van der Waals surface area contributed by atoms with E-state index in [2.05, 4.69) is 10.6 Å². The van der Waals surface area contributed by atoms with Gasteiger partial charge in [0.15, 0.2) is 0 Å². The summed E-state index contributed by atoms with van der Waals surface area (Å²) in [4.78, 5) is 52.8. The van der Waals surface area contributed by atoms with Crippen molar-refractivity contribution in [2.24, 2.45) is 0 Å². The largest absolute Gasteiger partial charge is 0.465 e. The first-order valence-electron chi connectivity index (χ1n) is 19.8. The zero-order chi connectivity index (χ0) is 42.1. The Labute approximate surface area is 349 Å². The van der Waals surface area contributed by atoms with E-state index in [0.717, 1.165) is 60.1 Å². The third-order valence-electron chi connectivity index (χ3n) is 10.7. The molecule has 0 atom stereocenters. The number of nitrogens with zero attached hydrogens (tertiary/aromatic N) is 1. The number of nitrogens with one attached hydrogen (secondary N) is 2. The molecule has 0 unspecified atom stereocenters. The molecule has 0 bridgehead atoms. The van der Waals surface area contributed by atoms with Gasteiger partial charge in [0.25, 0.3) is 11.8 Å². The highest BCUT2D eigenvalue weighted by molar-refractivity contribution is 7.89. The second-order valence-corrected chi connectivity index (χ2v) is 17.4. The van der Waals surface area contributed by atoms with Gasteiger partial charge in [-0.1, -0.05) is 50.2 Å². The van der Waals surface area contributed by atoms with Crippen molar-refractivity contribution in [2.45, 2.75) is 82.7 Å². The number of anilines is 2. The quantitative estimate of drug-likeness (QED) is 0.0938. The molecule has 1 aromatic heterocycles. The van der Waals surface area contributed by atoms with Crippen LogP contribution in [0.1, 0.15) is 108 Å². The molecule has 1 heterocycles. The lowest BCUT2D eigenvalue weighted by atomic mass is 9.95. The molecule has 2 N–H and O–H groups in total. The SMILES string of the molecule is CCC(CC)N(Cc1cccc(C(=O)Nc2sc3c(c2C(=O)Nc2ccc(CCc4ccc(C(=O)OC)cc4)cc2)CCCC3)c1)S(=O)(=O)c1ccc(C(=O)OC)cc1. The van der Waals surface area contributed by atoms with Crippen molar-refractivity contribution in [3.63, 3.8) is 0 Å². The van der Waals surface area contributed by atoms with Crippen molar-refractivity contribution in [3.05, 3.63) is 146 Å². The van der Waals surface area contributed by atoms with Crippen LogP contribution in [0.5, 0.6) is 0 Å². The average Bonchev–Trinajstić information content (AvgIpc) is 3.63. The highest BCUT2D eigenvalue weighted by Crippen LogP contribution is 2.39. The Kier molecular flexibility index (Phi) is 14.1. The predicted octanol–water partition coefficient (Wildman–Crippen LogP) is 8.87. The Morgan fingerprint density at radius 1 is 0.695 bits per heavy atom. The van der Waals surface area contributed by atoms with Gasteiger partial charge in [-0.15, -0.1) is 11.3 Å². The number of amides is 2. The van der Waals surface area contributed by atoms with Crippen LogP contribution in [0.25, 0.3) is 0 Å². The lowest BCUT2D eigenvalue weighted by Gasteiger charge is -2.30. The summed E-state index contributed by atoms with van der Waals surface area (Å²) in [6.45, 7) is 3.89. The van der Waals surface area contributed by atoms with Crippen molar-refractivity contribution in [3.8, 4) is 0 Å². The van der Waals surface area contributed by atoms with Gasteiger partial charge in [-0.25, -0.2) is 18.0 Å². The van der Waals surface area contributed by atoms with E-state index in [9.17, 15) is 27.6 Å². The predicted molar refractivity (Wildman–Crippen MR) is 230 cm³/mol. The number of thiophene rings is 1. The molecule has 0 radical (unpaired) electrons. The molecule has 0 saturated carbocycles. The van der Waals surface area contributed by atoms with Crippen LogP contribution in [-0.2, 0) is 51.7 Å². The minimum Gasteiger partial charge on any atom is -0.465 e. The molecule has 5 aromatic rings. The molecule has 6 rings (SSSR count). The van der Waals surface area contributed by atoms with Gasteiger partial charge >= 0.3 is 11.9 Å². The molecule has 13 heteroatoms. The highest BCUT2D eigenvalue weighted by Gasteiger charge is 2.31. The van der Waals surface area contributed by atoms with Gasteiger partial charge in [0.1, 0.15) is 5.00 Å². The first-order chi connectivity index (χ1) is 28.4. The molecule has 1 aliphatic rings. The lowest BCUT2D eigenvalue weighted by molar-refractivity contribution is 0.0592. The second-order valence-electron chi connectivity index (χ2n) is 14.4. The molecule has 308 valence electrons. The summed E-state index contributed by atoms with van der Waals surface area (Å²) < 4.78 is 39.1. The molecular weight excluding hydrogens is 787 g/mol. The molecule has 59 heavy (non-hydrogen) atoms. The topological polar surface area (TPSA) is 148 Å². The van der Waals surface area contributed by atoms with Crippen molar-refractivity contribution < 1.29 is 37.1 Å². The normalized spacial score (nSPS) is 12.5. The number of esters is 2. The van der Waals surface area contributed by atoms with Crippen molar-refractivity contribution in [1.82, 2.24) is 4.31 Å². The minimum atomic E-state index is -3.99. The van der Waals surface area contributed by atoms with E-state index < -0.39 is 21.9 Å². The van der Waals surface area contributed by atoms with Gasteiger partial charge in [-0.3, -0.25) is 9.59 Å². The molecule has 0 saturated heterocycles. The van der Waals surface area contributed by atoms with E-state index in [1.807, 2.05) is 50.2 Å². The number of fused-ring (bicyclic) bond motifs is 1. The molecule has 0 fully saturated rings. The third-order valence-corrected chi connectivity index (χ3v) is 13.8. The number of hydrogen-bond acceptors (Lipinski definition) is 9. The van der Waals surface area contributed by atoms with Crippen LogP contribution < -0.4 is 10.6 Å². The summed E-state index contributed by atoms with van der Waals surface area (Å²) in [5.74, 6) is -1.62. The smallest absolute Gasteiger partial charge is 0.337 e. The number of aryl methyl sites for hydroxylation is 3. The number of carbonyl (C=O) groups is 4. The van der Waals surface area contributed by atoms with E-state index in [1.165, 1.54) is 54.1 Å². The van der Waals surface area contributed by atoms with Crippen LogP contribution in [0.2, 0.25) is 0 Å². The highest BCUT2D eigenvalue weighted by atomic mass is 32.2. The monoisotopic (exact) mass is 835 g/mol. The zero-order valence-electron chi connectivity index (χ0n) is 33.7. The van der Waals surface area contributed by atoms with Crippen molar-refractivity contribution >= 4 is 55.8 Å². The number of benzene rings is 4. The molecule has 11 nitrogen and oxygen atoms in total. The fourth-order valence-corrected chi connectivity index (χ4v) is 10.4. The van der Waals surface area contributed by atoms with Gasteiger partial charge in [0, 0.05) is 28.7 Å². The number of sulfonamides is 1. The van der Waals surface area contributed by atoms with Gasteiger partial charge in [-0.2, -0.15) is 4.31 Å². The number of methoxy groups -OCH3 is 2. The first kappa shape index (κ1) is 43.0. The fourth-order valence-electron chi connectivity index (χ4n) is 7.35. The van der Waals surface area contributed by atoms with Crippen LogP contribution in [0.3, 0.4) is 0 Å². The Hall–Kier alpha value is -5.63. The maximum atomic E-state index is 14.1. The zero-order valence-corrected chi connectivity index (χ0v) is 35.3. The van der Waals surface area contributed by atoms with Crippen LogP contribution in [0, 0.1) is 0 Å². The van der Waals surface area contributed by atoms with Gasteiger partial charge in [0.05, 0.1) is 35.8 Å². The minimum absolute atomic E-state index is 0.0262. The van der Waals surface area contributed by atoms with Crippen LogP contribution in [0.4, 0.5) is 10.7 Å². The lowest BCUT2D eigenvalue weighted by Crippen LogP contribution is -2.39. The van der Waals surface area contributed by atoms with Crippen molar-refractivity contribution in [2.75, 3.05) is 24.9 Å². The molecule has 1 aliphatic carbocycles. The van der Waals surface area contributed by atoms with Gasteiger partial charge in [-0.05, 0) is 134 Å². The van der Waals surface area contributed by atoms with Gasteiger partial charge < -0.3 is 20.1 Å². The molecule has 4 aromatic carbocycles. The van der Waals surface area contributed by atoms with E-state index in [-0.39, 0.29) is 34.9 Å². The summed E-state index contributed by atoms with van der Waals surface area (Å²) >= 11 is 1.43. The van der Waals surface area contributed by atoms with Gasteiger partial charge in [0.2, 0.25) is 10.0 Å². The Bertz CT molecular complexity index is 2400. The van der Waals surface area contributed by atoms with E-state index >= 15 is 0 Å². The van der Waals surface area contributed by atoms with Crippen LogP contribution >= 0.6 is 11.3 Å². The van der Waals surface area contributed by atoms with E-state index in [1.54, 1.807) is 36.4 Å². The number of rotatable bonds is 16. The van der Waals surface area contributed by atoms with Crippen molar-refractivity contribution in [1.29, 1.82) is 0 Å². The summed E-state index contributed by atoms with van der Waals surface area (Å²) in [6.07, 6.45) is 6.23. The molecular formula is C46H49N3O8S2. The number of ether oxygens (including phenoxy) is 2. The van der Waals surface area contributed by atoms with Crippen LogP contribution in [0.15, 0.2) is 102 Å². The summed E-state index contributed by atoms with van der Waals surface area (Å²) in [7, 11) is -1.37. The number of carbonyl (C=O) groups excluding carboxylic acids is 4. The molecule has 2 amide bonds. The Morgan fingerprint density at radius 3 is 1.86 bits per heavy atom. The Morgan fingerprint density at radius 2 is 1.27 bits per heavy atom. The Balaban J connectivity index is 1.16. The van der Waals surface area contributed by atoms with Crippen LogP contribution in [-0.4, -0.2) is 56.7 Å². The average molecular weight is 836 g/mol. The van der Waals surface area contributed by atoms with E-state index in [4.69, 9.17) is 9.47 Å². The third kappa shape index (κ3) is 10.2. The second kappa shape index (κ2) is 19.4. The summed E-state index contributed by atoms with van der Waals surface area (Å²) in [5, 5.41) is 6.56. The summed E-state index contributed by atoms with van der Waals surface area (Å²) in [6, 6.07) is 27.3. The first-order valence-corrected chi connectivity index (χ1v) is 22.0. The maximum Gasteiger partial charge on any atom is 0.337 e. The molecule has 0 spiro atoms. The number of hydrogen-bond donors (Lipinski definition) is 2. The maximum absolute atomic E-state index is 14.1. The fraction of sp³-hybridized carbons (Fsp3) is 0.304. The molecule has 0 aliphatic heterocycles. The standard InChI is InChI=1S/C46H49N3O8S2/c1-5-37(6-2)49(59(54,55)38-26-22-34(23-27-38)46(53)57-4)29-32-10-9-11-35(28-32)42(50)48-44-41(39-12-7-8-13-40(39)58-44)43(51)47-36-24-18-31(19-25-36)15-14-30-16-20-33(21-17-30)45(52)56-3/h9-11,16-28,37H,5-8,12-15,29H2,1-4H3,(H,47,51)(H,48,50). The van der Waals surface area contributed by atoms with E-state index in [0.29, 0.717) is 45.8 Å².